The maximum Gasteiger partial charge on any atom is 0.297 e. The molecule has 2 fully saturated rings. The monoisotopic (exact) mass is 431 g/mol. The number of hydrogen-bond acceptors (Lipinski definition) is 5. The van der Waals surface area contributed by atoms with E-state index in [4.69, 9.17) is 15.0 Å². The number of nitrogens with zero attached hydrogens (tertiary/aromatic N) is 3. The van der Waals surface area contributed by atoms with Crippen LogP contribution in [0.3, 0.4) is 0 Å². The molecule has 2 aliphatic rings. The minimum Gasteiger partial charge on any atom is -0.365 e. The van der Waals surface area contributed by atoms with E-state index in [0.29, 0.717) is 43.8 Å². The van der Waals surface area contributed by atoms with Gasteiger partial charge in [-0.25, -0.2) is 13.8 Å². The molecule has 1 aromatic carbocycles. The van der Waals surface area contributed by atoms with E-state index >= 15 is 0 Å². The molecule has 160 valence electrons. The number of aromatic nitrogens is 1. The van der Waals surface area contributed by atoms with Crippen LogP contribution in [0, 0.1) is 16.7 Å². The van der Waals surface area contributed by atoms with Crippen LogP contribution in [0.2, 0.25) is 0 Å². The van der Waals surface area contributed by atoms with Gasteiger partial charge in [0, 0.05) is 17.3 Å². The molecule has 7 heteroatoms. The van der Waals surface area contributed by atoms with Gasteiger partial charge in [-0.15, -0.1) is 11.3 Å². The third kappa shape index (κ3) is 4.27. The highest BCUT2D eigenvalue weighted by Crippen LogP contribution is 2.50. The molecular weight excluding hydrogens is 404 g/mol. The summed E-state index contributed by atoms with van der Waals surface area (Å²) in [6.07, 6.45) is 1.02. The summed E-state index contributed by atoms with van der Waals surface area (Å²) < 4.78 is 34.2. The summed E-state index contributed by atoms with van der Waals surface area (Å²) in [6.45, 7) is 5.85. The van der Waals surface area contributed by atoms with Crippen molar-refractivity contribution in [3.63, 3.8) is 0 Å². The van der Waals surface area contributed by atoms with Crippen molar-refractivity contribution in [2.75, 3.05) is 19.7 Å². The van der Waals surface area contributed by atoms with Crippen LogP contribution in [0.4, 0.5) is 8.78 Å². The van der Waals surface area contributed by atoms with Gasteiger partial charge in [0.25, 0.3) is 5.92 Å². The van der Waals surface area contributed by atoms with Gasteiger partial charge in [-0.3, -0.25) is 4.90 Å². The van der Waals surface area contributed by atoms with Crippen LogP contribution in [0.25, 0.3) is 0 Å². The van der Waals surface area contributed by atoms with Crippen molar-refractivity contribution < 1.29 is 13.5 Å². The Morgan fingerprint density at radius 1 is 1.33 bits per heavy atom. The molecule has 0 radical (unpaired) electrons. The van der Waals surface area contributed by atoms with Crippen LogP contribution in [0.1, 0.15) is 54.4 Å². The molecule has 0 amide bonds. The molecule has 1 unspecified atom stereocenters. The van der Waals surface area contributed by atoms with Gasteiger partial charge in [0.1, 0.15) is 17.7 Å². The number of aryl methyl sites for hydroxylation is 1. The number of ether oxygens (including phenoxy) is 1. The zero-order chi connectivity index (χ0) is 21.4. The van der Waals surface area contributed by atoms with Crippen LogP contribution >= 0.6 is 11.3 Å². The molecule has 4 rings (SSSR count). The normalized spacial score (nSPS) is 25.9. The summed E-state index contributed by atoms with van der Waals surface area (Å²) in [5, 5.41) is 12.1. The molecule has 0 saturated carbocycles. The smallest absolute Gasteiger partial charge is 0.297 e. The second kappa shape index (κ2) is 8.33. The Hall–Kier alpha value is -1.88. The summed E-state index contributed by atoms with van der Waals surface area (Å²) in [7, 11) is 0. The standard InChI is InChI=1S/C23H27F2N3OS/c1-16(2)19-13-30-20(27-19)12-28-10-9-22(14-28,21-23(24,25)15-29-21)8-7-17-3-5-18(11-26)6-4-17/h3-6,13,16,21H,7-10,12,14-15H2,1-2H3/t21?,22-/m1/s1. The van der Waals surface area contributed by atoms with Crippen LogP contribution < -0.4 is 0 Å². The number of halogens is 2. The topological polar surface area (TPSA) is 49.2 Å². The average Bonchev–Trinajstić information content (AvgIpc) is 3.34. The number of nitriles is 1. The Morgan fingerprint density at radius 2 is 2.10 bits per heavy atom. The Morgan fingerprint density at radius 3 is 2.67 bits per heavy atom. The largest absolute Gasteiger partial charge is 0.365 e. The van der Waals surface area contributed by atoms with E-state index < -0.39 is 24.0 Å². The first-order chi connectivity index (χ1) is 14.3. The fourth-order valence-electron chi connectivity index (χ4n) is 4.58. The molecule has 2 aromatic rings. The number of benzene rings is 1. The maximum atomic E-state index is 14.4. The van der Waals surface area contributed by atoms with Crippen molar-refractivity contribution in [1.82, 2.24) is 9.88 Å². The molecule has 1 aromatic heterocycles. The van der Waals surface area contributed by atoms with Gasteiger partial charge in [-0.1, -0.05) is 26.0 Å². The van der Waals surface area contributed by atoms with Crippen LogP contribution in [-0.2, 0) is 17.7 Å². The molecule has 0 spiro atoms. The van der Waals surface area contributed by atoms with E-state index in [9.17, 15) is 8.78 Å². The number of hydrogen-bond donors (Lipinski definition) is 0. The first kappa shape index (κ1) is 21.4. The summed E-state index contributed by atoms with van der Waals surface area (Å²) in [6, 6.07) is 9.52. The van der Waals surface area contributed by atoms with E-state index in [-0.39, 0.29) is 0 Å². The van der Waals surface area contributed by atoms with Gasteiger partial charge in [0.05, 0.1) is 23.9 Å². The van der Waals surface area contributed by atoms with E-state index in [0.717, 1.165) is 22.8 Å². The van der Waals surface area contributed by atoms with Crippen LogP contribution in [0.5, 0.6) is 0 Å². The fraction of sp³-hybridized carbons (Fsp3) is 0.565. The minimum atomic E-state index is -2.76. The van der Waals surface area contributed by atoms with Gasteiger partial charge in [0.15, 0.2) is 0 Å². The third-order valence-electron chi connectivity index (χ3n) is 6.36. The van der Waals surface area contributed by atoms with Crippen LogP contribution in [-0.4, -0.2) is 41.6 Å². The van der Waals surface area contributed by atoms with E-state index in [1.165, 1.54) is 0 Å². The predicted molar refractivity (Wildman–Crippen MR) is 113 cm³/mol. The zero-order valence-corrected chi connectivity index (χ0v) is 18.2. The minimum absolute atomic E-state index is 0.391. The van der Waals surface area contributed by atoms with Crippen molar-refractivity contribution in [2.24, 2.45) is 5.41 Å². The Labute approximate surface area is 180 Å². The summed E-state index contributed by atoms with van der Waals surface area (Å²) in [4.78, 5) is 6.96. The lowest BCUT2D eigenvalue weighted by Crippen LogP contribution is -2.61. The highest BCUT2D eigenvalue weighted by Gasteiger charge is 2.61. The van der Waals surface area contributed by atoms with E-state index in [2.05, 4.69) is 30.2 Å². The number of likely N-dealkylation sites (tertiary alicyclic amines) is 1. The molecule has 2 aliphatic heterocycles. The van der Waals surface area contributed by atoms with Gasteiger partial charge < -0.3 is 4.74 Å². The van der Waals surface area contributed by atoms with Crippen molar-refractivity contribution >= 4 is 11.3 Å². The SMILES string of the molecule is CC(C)c1csc(CN2CC[C@@](CCc3ccc(C#N)cc3)(C3OCC3(F)F)C2)n1. The number of rotatable bonds is 7. The van der Waals surface area contributed by atoms with E-state index in [1.54, 1.807) is 23.5 Å². The molecule has 0 aliphatic carbocycles. The van der Waals surface area contributed by atoms with Crippen LogP contribution in [0.15, 0.2) is 29.6 Å². The van der Waals surface area contributed by atoms with Gasteiger partial charge in [-0.05, 0) is 49.4 Å². The molecule has 0 bridgehead atoms. The second-order valence-electron chi connectivity index (χ2n) is 8.90. The molecule has 3 heterocycles. The first-order valence-corrected chi connectivity index (χ1v) is 11.3. The van der Waals surface area contributed by atoms with Crippen molar-refractivity contribution in [1.29, 1.82) is 5.26 Å². The number of thiazole rings is 1. The predicted octanol–water partition coefficient (Wildman–Crippen LogP) is 5.00. The highest BCUT2D eigenvalue weighted by atomic mass is 32.1. The third-order valence-corrected chi connectivity index (χ3v) is 7.21. The Bertz CT molecular complexity index is 921. The van der Waals surface area contributed by atoms with Crippen molar-refractivity contribution in [3.05, 3.63) is 51.5 Å². The Kier molecular flexibility index (Phi) is 5.93. The second-order valence-corrected chi connectivity index (χ2v) is 9.85. The van der Waals surface area contributed by atoms with Gasteiger partial charge in [0.2, 0.25) is 0 Å². The molecule has 2 saturated heterocycles. The van der Waals surface area contributed by atoms with Gasteiger partial charge in [-0.2, -0.15) is 5.26 Å². The number of alkyl halides is 2. The average molecular weight is 432 g/mol. The molecule has 2 atom stereocenters. The molecular formula is C23H27F2N3OS. The first-order valence-electron chi connectivity index (χ1n) is 10.5. The fourth-order valence-corrected chi connectivity index (χ4v) is 5.58. The molecule has 0 N–H and O–H groups in total. The molecule has 4 nitrogen and oxygen atoms in total. The summed E-state index contributed by atoms with van der Waals surface area (Å²) in [5.74, 6) is -2.37. The lowest BCUT2D eigenvalue weighted by molar-refractivity contribution is -0.301. The van der Waals surface area contributed by atoms with Crippen molar-refractivity contribution in [3.8, 4) is 6.07 Å². The summed E-state index contributed by atoms with van der Waals surface area (Å²) in [5.41, 5.74) is 2.21. The highest BCUT2D eigenvalue weighted by molar-refractivity contribution is 7.09. The van der Waals surface area contributed by atoms with E-state index in [1.807, 2.05) is 12.1 Å². The quantitative estimate of drug-likeness (QED) is 0.619. The zero-order valence-electron chi connectivity index (χ0n) is 17.4. The summed E-state index contributed by atoms with van der Waals surface area (Å²) >= 11 is 1.65. The lowest BCUT2D eigenvalue weighted by atomic mass is 9.72. The lowest BCUT2D eigenvalue weighted by Gasteiger charge is -2.48. The Balaban J connectivity index is 1.46. The van der Waals surface area contributed by atoms with Crippen molar-refractivity contribution in [2.45, 2.75) is 57.6 Å². The van der Waals surface area contributed by atoms with Gasteiger partial charge >= 0.3 is 0 Å². The molecule has 30 heavy (non-hydrogen) atoms. The maximum absolute atomic E-state index is 14.4.